The van der Waals surface area contributed by atoms with Crippen molar-refractivity contribution in [2.75, 3.05) is 25.6 Å². The lowest BCUT2D eigenvalue weighted by Crippen LogP contribution is -2.43. The van der Waals surface area contributed by atoms with E-state index in [-0.39, 0.29) is 23.6 Å². The monoisotopic (exact) mass is 445 g/mol. The average molecular weight is 446 g/mol. The van der Waals surface area contributed by atoms with Gasteiger partial charge in [0.2, 0.25) is 5.91 Å². The number of ether oxygens (including phenoxy) is 2. The summed E-state index contributed by atoms with van der Waals surface area (Å²) in [7, 11) is 1.51. The lowest BCUT2D eigenvalue weighted by Gasteiger charge is -2.18. The minimum atomic E-state index is -0.802. The van der Waals surface area contributed by atoms with Gasteiger partial charge in [0.15, 0.2) is 6.61 Å². The molecule has 1 atom stereocenters. The number of hydrogen-bond donors (Lipinski definition) is 2. The number of rotatable bonds is 7. The van der Waals surface area contributed by atoms with Gasteiger partial charge in [-0.3, -0.25) is 29.6 Å². The Balaban J connectivity index is 1.49. The number of carbonyl (C=O) groups is 4. The van der Waals surface area contributed by atoms with E-state index in [0.29, 0.717) is 11.4 Å². The molecule has 10 heteroatoms. The Morgan fingerprint density at radius 1 is 1.16 bits per heavy atom. The van der Waals surface area contributed by atoms with Crippen molar-refractivity contribution in [2.45, 2.75) is 6.42 Å². The van der Waals surface area contributed by atoms with Crippen LogP contribution in [0.1, 0.15) is 16.8 Å². The SMILES string of the molecule is COc1cccc(NC(=O)COC(=O)[C@@H]2CC(=O)N(NC(=O)c3ccccc3Cl)C2)c1. The summed E-state index contributed by atoms with van der Waals surface area (Å²) in [5, 5.41) is 3.88. The number of esters is 1. The molecule has 31 heavy (non-hydrogen) atoms. The second-order valence-electron chi connectivity index (χ2n) is 6.71. The van der Waals surface area contributed by atoms with Gasteiger partial charge in [0.05, 0.1) is 30.2 Å². The molecule has 1 aliphatic rings. The second-order valence-corrected chi connectivity index (χ2v) is 7.12. The number of nitrogens with zero attached hydrogens (tertiary/aromatic N) is 1. The highest BCUT2D eigenvalue weighted by atomic mass is 35.5. The summed E-state index contributed by atoms with van der Waals surface area (Å²) >= 11 is 5.98. The third-order valence-corrected chi connectivity index (χ3v) is 4.84. The zero-order valence-corrected chi connectivity index (χ0v) is 17.3. The highest BCUT2D eigenvalue weighted by Gasteiger charge is 2.36. The smallest absolute Gasteiger partial charge is 0.311 e. The van der Waals surface area contributed by atoms with Crippen molar-refractivity contribution in [3.05, 3.63) is 59.1 Å². The number of nitrogens with one attached hydrogen (secondary N) is 2. The number of methoxy groups -OCH3 is 1. The van der Waals surface area contributed by atoms with Gasteiger partial charge in [-0.15, -0.1) is 0 Å². The van der Waals surface area contributed by atoms with Gasteiger partial charge in [-0.05, 0) is 24.3 Å². The lowest BCUT2D eigenvalue weighted by molar-refractivity contribution is -0.151. The summed E-state index contributed by atoms with van der Waals surface area (Å²) < 4.78 is 10.1. The predicted octanol–water partition coefficient (Wildman–Crippen LogP) is 2.02. The van der Waals surface area contributed by atoms with Gasteiger partial charge in [0, 0.05) is 18.2 Å². The summed E-state index contributed by atoms with van der Waals surface area (Å²) in [4.78, 5) is 48.8. The van der Waals surface area contributed by atoms with E-state index >= 15 is 0 Å². The molecule has 0 unspecified atom stereocenters. The minimum Gasteiger partial charge on any atom is -0.497 e. The summed E-state index contributed by atoms with van der Waals surface area (Å²) in [6.45, 7) is -0.571. The van der Waals surface area contributed by atoms with Crippen LogP contribution >= 0.6 is 11.6 Å². The van der Waals surface area contributed by atoms with Crippen LogP contribution in [0.15, 0.2) is 48.5 Å². The fraction of sp³-hybridized carbons (Fsp3) is 0.238. The molecule has 0 spiro atoms. The molecule has 2 N–H and O–H groups in total. The molecule has 1 heterocycles. The zero-order chi connectivity index (χ0) is 22.4. The minimum absolute atomic E-state index is 0.0641. The molecule has 2 aromatic rings. The van der Waals surface area contributed by atoms with Gasteiger partial charge in [-0.1, -0.05) is 29.8 Å². The van der Waals surface area contributed by atoms with E-state index in [4.69, 9.17) is 21.1 Å². The molecule has 3 rings (SSSR count). The second kappa shape index (κ2) is 9.94. The number of hydrazine groups is 1. The number of amides is 3. The van der Waals surface area contributed by atoms with Crippen molar-refractivity contribution in [1.82, 2.24) is 10.4 Å². The summed E-state index contributed by atoms with van der Waals surface area (Å²) in [6, 6.07) is 13.1. The quantitative estimate of drug-likeness (QED) is 0.630. The molecule has 0 aromatic heterocycles. The molecule has 0 saturated carbocycles. The van der Waals surface area contributed by atoms with E-state index < -0.39 is 36.2 Å². The van der Waals surface area contributed by atoms with Gasteiger partial charge in [-0.2, -0.15) is 0 Å². The zero-order valence-electron chi connectivity index (χ0n) is 16.6. The van der Waals surface area contributed by atoms with Gasteiger partial charge in [0.1, 0.15) is 5.75 Å². The Labute approximate surface area is 183 Å². The van der Waals surface area contributed by atoms with Crippen LogP contribution in [-0.4, -0.2) is 49.0 Å². The average Bonchev–Trinajstić information content (AvgIpc) is 3.12. The van der Waals surface area contributed by atoms with Crippen molar-refractivity contribution < 1.29 is 28.7 Å². The third-order valence-electron chi connectivity index (χ3n) is 4.51. The Morgan fingerprint density at radius 3 is 2.68 bits per heavy atom. The first-order valence-corrected chi connectivity index (χ1v) is 9.71. The predicted molar refractivity (Wildman–Crippen MR) is 111 cm³/mol. The van der Waals surface area contributed by atoms with Crippen LogP contribution in [0, 0.1) is 5.92 Å². The molecular weight excluding hydrogens is 426 g/mol. The van der Waals surface area contributed by atoms with Crippen molar-refractivity contribution in [1.29, 1.82) is 0 Å². The van der Waals surface area contributed by atoms with Gasteiger partial charge < -0.3 is 14.8 Å². The Hall–Kier alpha value is -3.59. The van der Waals surface area contributed by atoms with Crippen molar-refractivity contribution >= 4 is 41.0 Å². The topological polar surface area (TPSA) is 114 Å². The maximum Gasteiger partial charge on any atom is 0.311 e. The van der Waals surface area contributed by atoms with Gasteiger partial charge in [0.25, 0.3) is 11.8 Å². The fourth-order valence-electron chi connectivity index (χ4n) is 2.95. The third kappa shape index (κ3) is 5.73. The molecule has 162 valence electrons. The first-order chi connectivity index (χ1) is 14.9. The van der Waals surface area contributed by atoms with E-state index in [1.807, 2.05) is 0 Å². The normalized spacial score (nSPS) is 15.4. The van der Waals surface area contributed by atoms with E-state index in [0.717, 1.165) is 5.01 Å². The summed E-state index contributed by atoms with van der Waals surface area (Å²) in [5.41, 5.74) is 3.14. The maximum atomic E-state index is 12.3. The number of hydrogen-bond acceptors (Lipinski definition) is 6. The van der Waals surface area contributed by atoms with Crippen LogP contribution in [0.25, 0.3) is 0 Å². The van der Waals surface area contributed by atoms with Crippen LogP contribution in [0.3, 0.4) is 0 Å². The van der Waals surface area contributed by atoms with Crippen molar-refractivity contribution in [3.63, 3.8) is 0 Å². The summed E-state index contributed by atoms with van der Waals surface area (Å²) in [5.74, 6) is -2.48. The van der Waals surface area contributed by atoms with E-state index in [1.165, 1.54) is 13.2 Å². The maximum absolute atomic E-state index is 12.3. The Morgan fingerprint density at radius 2 is 1.94 bits per heavy atom. The van der Waals surface area contributed by atoms with Gasteiger partial charge in [-0.25, -0.2) is 0 Å². The van der Waals surface area contributed by atoms with E-state index in [9.17, 15) is 19.2 Å². The van der Waals surface area contributed by atoms with Gasteiger partial charge >= 0.3 is 5.97 Å². The molecule has 0 aliphatic carbocycles. The fourth-order valence-corrected chi connectivity index (χ4v) is 3.18. The van der Waals surface area contributed by atoms with Crippen LogP contribution < -0.4 is 15.5 Å². The lowest BCUT2D eigenvalue weighted by atomic mass is 10.1. The van der Waals surface area contributed by atoms with Crippen LogP contribution in [-0.2, 0) is 19.1 Å². The first kappa shape index (κ1) is 22.1. The standard InChI is InChI=1S/C21H20ClN3O6/c1-30-15-6-4-5-14(10-15)23-18(26)12-31-21(29)13-9-19(27)25(11-13)24-20(28)16-7-2-3-8-17(16)22/h2-8,10,13H,9,11-12H2,1H3,(H,23,26)(H,24,28)/t13-/m1/s1. The molecule has 1 aliphatic heterocycles. The Bertz CT molecular complexity index is 1010. The summed E-state index contributed by atoms with van der Waals surface area (Å²) in [6.07, 6.45) is -0.140. The molecule has 1 saturated heterocycles. The highest BCUT2D eigenvalue weighted by Crippen LogP contribution is 2.20. The Kier molecular flexibility index (Phi) is 7.09. The number of carbonyl (C=O) groups excluding carboxylic acids is 4. The number of benzene rings is 2. The van der Waals surface area contributed by atoms with Crippen LogP contribution in [0.4, 0.5) is 5.69 Å². The van der Waals surface area contributed by atoms with Crippen molar-refractivity contribution in [3.8, 4) is 5.75 Å². The van der Waals surface area contributed by atoms with Crippen LogP contribution in [0.2, 0.25) is 5.02 Å². The molecular formula is C21H20ClN3O6. The molecule has 3 amide bonds. The molecule has 0 bridgehead atoms. The number of anilines is 1. The van der Waals surface area contributed by atoms with E-state index in [1.54, 1.807) is 42.5 Å². The van der Waals surface area contributed by atoms with E-state index in [2.05, 4.69) is 10.7 Å². The molecule has 0 radical (unpaired) electrons. The molecule has 9 nitrogen and oxygen atoms in total. The van der Waals surface area contributed by atoms with Crippen molar-refractivity contribution in [2.24, 2.45) is 5.92 Å². The first-order valence-electron chi connectivity index (χ1n) is 9.34. The van der Waals surface area contributed by atoms with Crippen LogP contribution in [0.5, 0.6) is 5.75 Å². The molecule has 2 aromatic carbocycles. The highest BCUT2D eigenvalue weighted by molar-refractivity contribution is 6.33. The molecule has 1 fully saturated rings. The largest absolute Gasteiger partial charge is 0.497 e. The number of halogens is 1.